The summed E-state index contributed by atoms with van der Waals surface area (Å²) in [6.07, 6.45) is 2.34. The van der Waals surface area contributed by atoms with Crippen LogP contribution in [0.5, 0.6) is 0 Å². The molecule has 0 amide bonds. The van der Waals surface area contributed by atoms with Gasteiger partial charge in [0, 0.05) is 13.3 Å². The van der Waals surface area contributed by atoms with Crippen LogP contribution in [0.15, 0.2) is 12.4 Å². The summed E-state index contributed by atoms with van der Waals surface area (Å²) in [6.45, 7) is 3.27. The van der Waals surface area contributed by atoms with Crippen LogP contribution < -0.4 is 5.14 Å². The summed E-state index contributed by atoms with van der Waals surface area (Å²) < 4.78 is 27.5. The summed E-state index contributed by atoms with van der Waals surface area (Å²) in [5, 5.41) is 4.20. The highest BCUT2D eigenvalue weighted by Gasteiger charge is 2.29. The quantitative estimate of drug-likeness (QED) is 0.814. The fourth-order valence-corrected chi connectivity index (χ4v) is 1.87. The molecule has 0 aromatic carbocycles. The van der Waals surface area contributed by atoms with Crippen LogP contribution in [0, 0.1) is 6.92 Å². The van der Waals surface area contributed by atoms with Crippen molar-refractivity contribution in [1.29, 1.82) is 0 Å². The van der Waals surface area contributed by atoms with Crippen molar-refractivity contribution >= 4 is 10.0 Å². The average molecular weight is 245 g/mol. The van der Waals surface area contributed by atoms with E-state index in [0.717, 1.165) is 5.69 Å². The summed E-state index contributed by atoms with van der Waals surface area (Å²) in [7, 11) is -2.25. The molecule has 0 aliphatic carbocycles. The van der Waals surface area contributed by atoms with E-state index in [1.165, 1.54) is 20.2 Å². The van der Waals surface area contributed by atoms with Crippen molar-refractivity contribution in [1.82, 2.24) is 9.97 Å². The Hall–Kier alpha value is -1.05. The van der Waals surface area contributed by atoms with Gasteiger partial charge in [-0.15, -0.1) is 0 Å². The second-order valence-corrected chi connectivity index (χ2v) is 5.45. The lowest BCUT2D eigenvalue weighted by atomic mass is 10.2. The molecule has 0 bridgehead atoms. The highest BCUT2D eigenvalue weighted by atomic mass is 32.2. The Bertz CT molecular complexity index is 444. The molecule has 0 unspecified atom stereocenters. The molecule has 0 aliphatic rings. The number of nitrogens with zero attached hydrogens (tertiary/aromatic N) is 2. The van der Waals surface area contributed by atoms with Crippen molar-refractivity contribution < 1.29 is 13.2 Å². The SMILES string of the molecule is CO[C@@H](c1cnc(C)cn1)[C@@H](C)S(N)(=O)=O. The lowest BCUT2D eigenvalue weighted by Crippen LogP contribution is -2.32. The molecule has 0 saturated carbocycles. The third kappa shape index (κ3) is 2.97. The molecule has 0 aliphatic heterocycles. The minimum absolute atomic E-state index is 0.453. The van der Waals surface area contributed by atoms with Gasteiger partial charge in [-0.2, -0.15) is 0 Å². The second kappa shape index (κ2) is 4.86. The molecular weight excluding hydrogens is 230 g/mol. The van der Waals surface area contributed by atoms with Gasteiger partial charge in [0.2, 0.25) is 10.0 Å². The van der Waals surface area contributed by atoms with Gasteiger partial charge in [-0.1, -0.05) is 0 Å². The van der Waals surface area contributed by atoms with E-state index in [4.69, 9.17) is 9.88 Å². The zero-order valence-corrected chi connectivity index (χ0v) is 10.2. The van der Waals surface area contributed by atoms with E-state index in [0.29, 0.717) is 5.69 Å². The number of ether oxygens (including phenoxy) is 1. The fraction of sp³-hybridized carbons (Fsp3) is 0.556. The predicted octanol–water partition coefficient (Wildman–Crippen LogP) is 0.150. The topological polar surface area (TPSA) is 95.2 Å². The van der Waals surface area contributed by atoms with Crippen LogP contribution in [0.25, 0.3) is 0 Å². The highest BCUT2D eigenvalue weighted by molar-refractivity contribution is 7.89. The van der Waals surface area contributed by atoms with Crippen LogP contribution in [0.4, 0.5) is 0 Å². The molecule has 2 N–H and O–H groups in total. The molecule has 0 saturated heterocycles. The summed E-state index contributed by atoms with van der Waals surface area (Å²) in [5.74, 6) is 0. The lowest BCUT2D eigenvalue weighted by Gasteiger charge is -2.19. The van der Waals surface area contributed by atoms with Gasteiger partial charge in [0.05, 0.1) is 17.6 Å². The van der Waals surface area contributed by atoms with E-state index in [1.807, 2.05) is 0 Å². The van der Waals surface area contributed by atoms with Gasteiger partial charge in [0.1, 0.15) is 11.4 Å². The van der Waals surface area contributed by atoms with E-state index in [1.54, 1.807) is 13.1 Å². The first kappa shape index (κ1) is 13.0. The largest absolute Gasteiger partial charge is 0.374 e. The number of rotatable bonds is 4. The van der Waals surface area contributed by atoms with E-state index in [9.17, 15) is 8.42 Å². The normalized spacial score (nSPS) is 15.8. The van der Waals surface area contributed by atoms with E-state index in [2.05, 4.69) is 9.97 Å². The van der Waals surface area contributed by atoms with Crippen LogP contribution in [0.3, 0.4) is 0 Å². The first-order chi connectivity index (χ1) is 7.36. The molecular formula is C9H15N3O3S. The lowest BCUT2D eigenvalue weighted by molar-refractivity contribution is 0.0984. The third-order valence-corrected chi connectivity index (χ3v) is 3.57. The fourth-order valence-electron chi connectivity index (χ4n) is 1.27. The summed E-state index contributed by atoms with van der Waals surface area (Å²) in [4.78, 5) is 8.11. The molecule has 7 heteroatoms. The maximum absolute atomic E-state index is 11.2. The number of aromatic nitrogens is 2. The number of nitrogens with two attached hydrogens (primary N) is 1. The summed E-state index contributed by atoms with van der Waals surface area (Å²) in [6, 6.07) is 0. The van der Waals surface area contributed by atoms with Crippen LogP contribution in [-0.4, -0.2) is 30.7 Å². The van der Waals surface area contributed by atoms with Crippen molar-refractivity contribution in [3.05, 3.63) is 23.8 Å². The number of aryl methyl sites for hydroxylation is 1. The standard InChI is InChI=1S/C9H15N3O3S/c1-6-4-12-8(5-11-6)9(15-3)7(2)16(10,13)14/h4-5,7,9H,1-3H3,(H2,10,13,14)/t7-,9-/m1/s1. The zero-order chi connectivity index (χ0) is 12.3. The smallest absolute Gasteiger partial charge is 0.214 e. The minimum atomic E-state index is -3.67. The first-order valence-electron chi connectivity index (χ1n) is 4.69. The number of hydrogen-bond acceptors (Lipinski definition) is 5. The van der Waals surface area contributed by atoms with Crippen LogP contribution in [0.1, 0.15) is 24.4 Å². The monoisotopic (exact) mass is 245 g/mol. The van der Waals surface area contributed by atoms with Crippen molar-refractivity contribution in [3.8, 4) is 0 Å². The number of primary sulfonamides is 1. The third-order valence-electron chi connectivity index (χ3n) is 2.29. The Labute approximate surface area is 94.9 Å². The van der Waals surface area contributed by atoms with Gasteiger partial charge in [0.15, 0.2) is 0 Å². The number of sulfonamides is 1. The molecule has 90 valence electrons. The molecule has 0 spiro atoms. The Kier molecular flexibility index (Phi) is 3.95. The van der Waals surface area contributed by atoms with Crippen molar-refractivity contribution in [2.24, 2.45) is 5.14 Å². The second-order valence-electron chi connectivity index (χ2n) is 3.53. The maximum atomic E-state index is 11.2. The van der Waals surface area contributed by atoms with Crippen molar-refractivity contribution in [3.63, 3.8) is 0 Å². The maximum Gasteiger partial charge on any atom is 0.214 e. The van der Waals surface area contributed by atoms with E-state index >= 15 is 0 Å². The molecule has 6 nitrogen and oxygen atoms in total. The molecule has 1 rings (SSSR count). The van der Waals surface area contributed by atoms with E-state index < -0.39 is 21.4 Å². The zero-order valence-electron chi connectivity index (χ0n) is 9.41. The highest BCUT2D eigenvalue weighted by Crippen LogP contribution is 2.21. The molecule has 16 heavy (non-hydrogen) atoms. The van der Waals surface area contributed by atoms with Crippen molar-refractivity contribution in [2.75, 3.05) is 7.11 Å². The molecule has 0 radical (unpaired) electrons. The number of hydrogen-bond donors (Lipinski definition) is 1. The van der Waals surface area contributed by atoms with Crippen LogP contribution >= 0.6 is 0 Å². The summed E-state index contributed by atoms with van der Waals surface area (Å²) in [5.41, 5.74) is 1.21. The van der Waals surface area contributed by atoms with Crippen LogP contribution in [0.2, 0.25) is 0 Å². The van der Waals surface area contributed by atoms with Gasteiger partial charge in [-0.05, 0) is 13.8 Å². The van der Waals surface area contributed by atoms with Gasteiger partial charge in [-0.3, -0.25) is 9.97 Å². The Morgan fingerprint density at radius 2 is 2.00 bits per heavy atom. The Morgan fingerprint density at radius 3 is 2.38 bits per heavy atom. The molecule has 1 aromatic heterocycles. The Morgan fingerprint density at radius 1 is 1.38 bits per heavy atom. The predicted molar refractivity (Wildman–Crippen MR) is 59.1 cm³/mol. The van der Waals surface area contributed by atoms with Gasteiger partial charge in [-0.25, -0.2) is 13.6 Å². The van der Waals surface area contributed by atoms with E-state index in [-0.39, 0.29) is 0 Å². The van der Waals surface area contributed by atoms with Crippen LogP contribution in [-0.2, 0) is 14.8 Å². The average Bonchev–Trinajstić information content (AvgIpc) is 2.20. The summed E-state index contributed by atoms with van der Waals surface area (Å²) >= 11 is 0. The van der Waals surface area contributed by atoms with Gasteiger partial charge in [0.25, 0.3) is 0 Å². The molecule has 2 atom stereocenters. The molecule has 0 fully saturated rings. The van der Waals surface area contributed by atoms with Gasteiger partial charge < -0.3 is 4.74 Å². The minimum Gasteiger partial charge on any atom is -0.374 e. The number of methoxy groups -OCH3 is 1. The first-order valence-corrected chi connectivity index (χ1v) is 6.30. The molecule has 1 aromatic rings. The molecule has 1 heterocycles. The van der Waals surface area contributed by atoms with Crippen molar-refractivity contribution in [2.45, 2.75) is 25.2 Å². The Balaban J connectivity index is 3.03. The van der Waals surface area contributed by atoms with Gasteiger partial charge >= 0.3 is 0 Å².